The molecule has 1 aromatic rings. The van der Waals surface area contributed by atoms with E-state index in [0.717, 1.165) is 19.1 Å². The molecule has 1 saturated carbocycles. The van der Waals surface area contributed by atoms with Gasteiger partial charge in [-0.1, -0.05) is 30.3 Å². The minimum Gasteiger partial charge on any atom is -0.381 e. The molecule has 3 fully saturated rings. The second-order valence-corrected chi connectivity index (χ2v) is 9.33. The number of hydrogen-bond acceptors (Lipinski definition) is 3. The van der Waals surface area contributed by atoms with Crippen molar-refractivity contribution in [3.8, 4) is 0 Å². The highest BCUT2D eigenvalue weighted by Gasteiger charge is 2.47. The summed E-state index contributed by atoms with van der Waals surface area (Å²) in [5.41, 5.74) is 2.33. The quantitative estimate of drug-likeness (QED) is 0.806. The molecule has 0 aromatic heterocycles. The third kappa shape index (κ3) is 3.58. The predicted octanol–water partition coefficient (Wildman–Crippen LogP) is 4.14. The van der Waals surface area contributed by atoms with Gasteiger partial charge in [-0.2, -0.15) is 0 Å². The van der Waals surface area contributed by atoms with E-state index in [1.165, 1.54) is 70.1 Å². The van der Waals surface area contributed by atoms with Gasteiger partial charge in [-0.15, -0.1) is 0 Å². The molecule has 3 nitrogen and oxygen atoms in total. The van der Waals surface area contributed by atoms with E-state index in [1.54, 1.807) is 0 Å². The van der Waals surface area contributed by atoms with Crippen LogP contribution in [-0.2, 0) is 10.3 Å². The van der Waals surface area contributed by atoms with Gasteiger partial charge in [-0.25, -0.2) is 0 Å². The maximum Gasteiger partial charge on any atom is 0.0469 e. The first kappa shape index (κ1) is 18.5. The topological polar surface area (TPSA) is 15.7 Å². The molecule has 0 N–H and O–H groups in total. The average molecular weight is 357 g/mol. The van der Waals surface area contributed by atoms with Crippen molar-refractivity contribution in [2.45, 2.75) is 50.5 Å². The Bertz CT molecular complexity index is 571. The lowest BCUT2D eigenvalue weighted by Gasteiger charge is -2.49. The van der Waals surface area contributed by atoms with E-state index in [0.29, 0.717) is 5.41 Å². The van der Waals surface area contributed by atoms with Crippen molar-refractivity contribution in [1.82, 2.24) is 9.80 Å². The van der Waals surface area contributed by atoms with Crippen LogP contribution in [0.15, 0.2) is 30.3 Å². The van der Waals surface area contributed by atoms with E-state index < -0.39 is 0 Å². The number of ether oxygens (including phenoxy) is 1. The van der Waals surface area contributed by atoms with Gasteiger partial charge < -0.3 is 9.64 Å². The molecule has 0 bridgehead atoms. The number of likely N-dealkylation sites (tertiary alicyclic amines) is 1. The first-order valence-corrected chi connectivity index (χ1v) is 10.7. The Kier molecular flexibility index (Phi) is 5.41. The number of benzene rings is 1. The minimum atomic E-state index is 0.237. The first-order valence-electron chi connectivity index (χ1n) is 10.7. The Morgan fingerprint density at radius 1 is 1.00 bits per heavy atom. The average Bonchev–Trinajstić information content (AvgIpc) is 3.06. The molecule has 2 saturated heterocycles. The van der Waals surface area contributed by atoms with Crippen LogP contribution < -0.4 is 0 Å². The molecule has 1 aromatic carbocycles. The van der Waals surface area contributed by atoms with Gasteiger partial charge in [0.05, 0.1) is 0 Å². The van der Waals surface area contributed by atoms with E-state index in [-0.39, 0.29) is 5.54 Å². The van der Waals surface area contributed by atoms with Gasteiger partial charge in [0.15, 0.2) is 0 Å². The van der Waals surface area contributed by atoms with Crippen LogP contribution in [0.5, 0.6) is 0 Å². The second kappa shape index (κ2) is 7.61. The molecule has 2 aliphatic heterocycles. The maximum atomic E-state index is 5.54. The number of hydrogen-bond donors (Lipinski definition) is 0. The van der Waals surface area contributed by atoms with Crippen LogP contribution in [-0.4, -0.2) is 56.7 Å². The molecule has 0 unspecified atom stereocenters. The molecular weight excluding hydrogens is 320 g/mol. The molecule has 26 heavy (non-hydrogen) atoms. The van der Waals surface area contributed by atoms with Crippen LogP contribution in [0.25, 0.3) is 0 Å². The summed E-state index contributed by atoms with van der Waals surface area (Å²) in [6.45, 7) is 5.92. The van der Waals surface area contributed by atoms with Gasteiger partial charge in [-0.05, 0) is 82.5 Å². The molecule has 0 amide bonds. The van der Waals surface area contributed by atoms with Gasteiger partial charge in [0.1, 0.15) is 0 Å². The molecule has 1 aliphatic carbocycles. The smallest absolute Gasteiger partial charge is 0.0469 e. The minimum absolute atomic E-state index is 0.237. The van der Waals surface area contributed by atoms with Gasteiger partial charge in [-0.3, -0.25) is 4.90 Å². The SMILES string of the molecule is CN(C)C1(c2ccccc2)CCC2(CCN(CC3CCOCC3)C2)CC1. The molecule has 3 heteroatoms. The molecule has 1 spiro atoms. The van der Waals surface area contributed by atoms with Gasteiger partial charge >= 0.3 is 0 Å². The number of nitrogens with zero attached hydrogens (tertiary/aromatic N) is 2. The Balaban J connectivity index is 1.39. The van der Waals surface area contributed by atoms with Crippen LogP contribution in [0.2, 0.25) is 0 Å². The summed E-state index contributed by atoms with van der Waals surface area (Å²) in [6, 6.07) is 11.2. The first-order chi connectivity index (χ1) is 12.6. The van der Waals surface area contributed by atoms with Crippen LogP contribution >= 0.6 is 0 Å². The summed E-state index contributed by atoms with van der Waals surface area (Å²) >= 11 is 0. The summed E-state index contributed by atoms with van der Waals surface area (Å²) in [5, 5.41) is 0. The summed E-state index contributed by atoms with van der Waals surface area (Å²) in [6.07, 6.45) is 9.30. The van der Waals surface area contributed by atoms with Gasteiger partial charge in [0.2, 0.25) is 0 Å². The Hall–Kier alpha value is -0.900. The van der Waals surface area contributed by atoms with E-state index in [4.69, 9.17) is 4.74 Å². The highest BCUT2D eigenvalue weighted by Crippen LogP contribution is 2.51. The second-order valence-electron chi connectivity index (χ2n) is 9.33. The maximum absolute atomic E-state index is 5.54. The zero-order valence-corrected chi connectivity index (χ0v) is 16.8. The van der Waals surface area contributed by atoms with Crippen molar-refractivity contribution in [3.05, 3.63) is 35.9 Å². The summed E-state index contributed by atoms with van der Waals surface area (Å²) in [5.74, 6) is 0.868. The van der Waals surface area contributed by atoms with Crippen molar-refractivity contribution in [1.29, 1.82) is 0 Å². The fraction of sp³-hybridized carbons (Fsp3) is 0.739. The Morgan fingerprint density at radius 2 is 1.69 bits per heavy atom. The largest absolute Gasteiger partial charge is 0.381 e. The lowest BCUT2D eigenvalue weighted by atomic mass is 9.64. The van der Waals surface area contributed by atoms with E-state index in [9.17, 15) is 0 Å². The zero-order valence-electron chi connectivity index (χ0n) is 16.8. The zero-order chi connectivity index (χ0) is 18.0. The Labute approximate surface area is 159 Å². The Morgan fingerprint density at radius 3 is 2.35 bits per heavy atom. The fourth-order valence-electron chi connectivity index (χ4n) is 5.82. The molecule has 3 aliphatic rings. The van der Waals surface area contributed by atoms with E-state index in [1.807, 2.05) is 0 Å². The van der Waals surface area contributed by atoms with Crippen molar-refractivity contribution in [2.75, 3.05) is 46.9 Å². The van der Waals surface area contributed by atoms with Gasteiger partial charge in [0, 0.05) is 31.8 Å². The standard InChI is InChI=1S/C23H36N2O/c1-24(2)23(21-6-4-3-5-7-21)12-10-22(11-13-23)14-15-25(19-22)18-20-8-16-26-17-9-20/h3-7,20H,8-19H2,1-2H3. The van der Waals surface area contributed by atoms with Crippen LogP contribution in [0, 0.1) is 11.3 Å². The monoisotopic (exact) mass is 356 g/mol. The highest BCUT2D eigenvalue weighted by atomic mass is 16.5. The molecule has 144 valence electrons. The molecule has 2 heterocycles. The van der Waals surface area contributed by atoms with E-state index in [2.05, 4.69) is 54.2 Å². The fourth-order valence-corrected chi connectivity index (χ4v) is 5.82. The third-order valence-corrected chi connectivity index (χ3v) is 7.68. The third-order valence-electron chi connectivity index (χ3n) is 7.68. The van der Waals surface area contributed by atoms with Crippen LogP contribution in [0.1, 0.15) is 50.5 Å². The summed E-state index contributed by atoms with van der Waals surface area (Å²) in [4.78, 5) is 5.27. The van der Waals surface area contributed by atoms with Crippen molar-refractivity contribution in [3.63, 3.8) is 0 Å². The molecule has 0 atom stereocenters. The molecule has 4 rings (SSSR count). The van der Waals surface area contributed by atoms with Gasteiger partial charge in [0.25, 0.3) is 0 Å². The van der Waals surface area contributed by atoms with Crippen molar-refractivity contribution < 1.29 is 4.74 Å². The highest BCUT2D eigenvalue weighted by molar-refractivity contribution is 5.26. The normalized spacial score (nSPS) is 34.0. The summed E-state index contributed by atoms with van der Waals surface area (Å²) in [7, 11) is 4.55. The van der Waals surface area contributed by atoms with Crippen molar-refractivity contribution >= 4 is 0 Å². The lowest BCUT2D eigenvalue weighted by molar-refractivity contribution is 0.0324. The summed E-state index contributed by atoms with van der Waals surface area (Å²) < 4.78 is 5.54. The van der Waals surface area contributed by atoms with E-state index >= 15 is 0 Å². The van der Waals surface area contributed by atoms with Crippen LogP contribution in [0.4, 0.5) is 0 Å². The molecular formula is C23H36N2O. The predicted molar refractivity (Wildman–Crippen MR) is 107 cm³/mol. The van der Waals surface area contributed by atoms with Crippen molar-refractivity contribution in [2.24, 2.45) is 11.3 Å². The lowest BCUT2D eigenvalue weighted by Crippen LogP contribution is -2.47. The van der Waals surface area contributed by atoms with Crippen LogP contribution in [0.3, 0.4) is 0 Å². The number of rotatable bonds is 4. The molecule has 0 radical (unpaired) electrons.